The monoisotopic (exact) mass is 437 g/mol. The van der Waals surface area contributed by atoms with Crippen LogP contribution in [0.25, 0.3) is 0 Å². The van der Waals surface area contributed by atoms with E-state index >= 15 is 0 Å². The third-order valence-corrected chi connectivity index (χ3v) is 4.55. The Hall–Kier alpha value is -2.77. The predicted octanol–water partition coefficient (Wildman–Crippen LogP) is 3.22. The number of halogens is 2. The van der Waals surface area contributed by atoms with Crippen molar-refractivity contribution in [2.75, 3.05) is 32.1 Å². The molecule has 0 aliphatic heterocycles. The van der Waals surface area contributed by atoms with Gasteiger partial charge in [0.05, 0.1) is 30.8 Å². The minimum atomic E-state index is -0.503. The fourth-order valence-corrected chi connectivity index (χ4v) is 2.98. The van der Waals surface area contributed by atoms with E-state index in [1.54, 1.807) is 31.2 Å². The Balaban J connectivity index is 1.90. The molecule has 2 N–H and O–H groups in total. The van der Waals surface area contributed by atoms with Crippen LogP contribution in [0.5, 0.6) is 5.75 Å². The van der Waals surface area contributed by atoms with Crippen molar-refractivity contribution in [3.8, 4) is 5.75 Å². The average molecular weight is 438 g/mol. The molecule has 0 radical (unpaired) electrons. The summed E-state index contributed by atoms with van der Waals surface area (Å²) in [6, 6.07) is 11.3. The number of amides is 3. The summed E-state index contributed by atoms with van der Waals surface area (Å²) in [5.74, 6) is -0.654. The van der Waals surface area contributed by atoms with Gasteiger partial charge >= 0.3 is 0 Å². The molecule has 0 unspecified atom stereocenters. The second-order valence-corrected chi connectivity index (χ2v) is 6.84. The highest BCUT2D eigenvalue weighted by atomic mass is 35.5. The zero-order chi connectivity index (χ0) is 21.4. The highest BCUT2D eigenvalue weighted by Crippen LogP contribution is 2.20. The van der Waals surface area contributed by atoms with Crippen molar-refractivity contribution < 1.29 is 19.1 Å². The minimum Gasteiger partial charge on any atom is -0.497 e. The second-order valence-electron chi connectivity index (χ2n) is 5.99. The number of likely N-dealkylation sites (N-methyl/N-ethyl adjacent to an activating group) is 1. The Kier molecular flexibility index (Phi) is 8.30. The first-order chi connectivity index (χ1) is 13.8. The Labute approximate surface area is 178 Å². The van der Waals surface area contributed by atoms with Crippen molar-refractivity contribution in [3.63, 3.8) is 0 Å². The maximum absolute atomic E-state index is 12.4. The first-order valence-electron chi connectivity index (χ1n) is 8.79. The third-order valence-electron chi connectivity index (χ3n) is 4.00. The molecule has 0 aromatic heterocycles. The Morgan fingerprint density at radius 2 is 1.86 bits per heavy atom. The molecule has 29 heavy (non-hydrogen) atoms. The van der Waals surface area contributed by atoms with Crippen LogP contribution in [0.2, 0.25) is 10.0 Å². The van der Waals surface area contributed by atoms with Gasteiger partial charge in [0.2, 0.25) is 11.8 Å². The number of ether oxygens (including phenoxy) is 1. The van der Waals surface area contributed by atoms with Gasteiger partial charge in [-0.05, 0) is 37.3 Å². The maximum atomic E-state index is 12.4. The third kappa shape index (κ3) is 6.66. The van der Waals surface area contributed by atoms with Crippen LogP contribution in [-0.4, -0.2) is 49.4 Å². The molecule has 0 spiro atoms. The van der Waals surface area contributed by atoms with Crippen molar-refractivity contribution in [2.24, 2.45) is 0 Å². The lowest BCUT2D eigenvalue weighted by atomic mass is 10.2. The van der Waals surface area contributed by atoms with Crippen LogP contribution in [0.4, 0.5) is 5.69 Å². The van der Waals surface area contributed by atoms with Crippen molar-refractivity contribution in [1.82, 2.24) is 10.2 Å². The largest absolute Gasteiger partial charge is 0.497 e. The molecular formula is C20H21Cl2N3O4. The number of nitrogens with one attached hydrogen (secondary N) is 2. The molecule has 154 valence electrons. The summed E-state index contributed by atoms with van der Waals surface area (Å²) in [5.41, 5.74) is 0.770. The van der Waals surface area contributed by atoms with E-state index in [2.05, 4.69) is 10.6 Å². The van der Waals surface area contributed by atoms with E-state index in [9.17, 15) is 14.4 Å². The fourth-order valence-electron chi connectivity index (χ4n) is 2.49. The minimum absolute atomic E-state index is 0.149. The van der Waals surface area contributed by atoms with Crippen LogP contribution in [0.15, 0.2) is 42.5 Å². The summed E-state index contributed by atoms with van der Waals surface area (Å²) in [5, 5.41) is 5.81. The van der Waals surface area contributed by atoms with Gasteiger partial charge in [0.1, 0.15) is 5.75 Å². The van der Waals surface area contributed by atoms with Gasteiger partial charge in [-0.1, -0.05) is 29.3 Å². The SMILES string of the molecule is CCN(CC(=O)Nc1cccc(OC)c1)C(=O)CNC(=O)c1ccc(Cl)cc1Cl. The first kappa shape index (κ1) is 22.5. The van der Waals surface area contributed by atoms with Crippen LogP contribution in [-0.2, 0) is 9.59 Å². The summed E-state index contributed by atoms with van der Waals surface area (Å²) in [4.78, 5) is 38.2. The molecule has 0 saturated heterocycles. The normalized spacial score (nSPS) is 10.2. The number of hydrogen-bond acceptors (Lipinski definition) is 4. The molecule has 7 nitrogen and oxygen atoms in total. The van der Waals surface area contributed by atoms with E-state index in [1.165, 1.54) is 30.2 Å². The first-order valence-corrected chi connectivity index (χ1v) is 9.54. The fraction of sp³-hybridized carbons (Fsp3) is 0.250. The molecule has 3 amide bonds. The molecule has 0 heterocycles. The van der Waals surface area contributed by atoms with E-state index in [-0.39, 0.29) is 29.6 Å². The molecule has 0 bridgehead atoms. The molecular weight excluding hydrogens is 417 g/mol. The van der Waals surface area contributed by atoms with Gasteiger partial charge in [-0.3, -0.25) is 14.4 Å². The molecule has 0 aliphatic carbocycles. The predicted molar refractivity (Wildman–Crippen MR) is 113 cm³/mol. The van der Waals surface area contributed by atoms with E-state index in [1.807, 2.05) is 0 Å². The molecule has 9 heteroatoms. The van der Waals surface area contributed by atoms with E-state index < -0.39 is 11.8 Å². The van der Waals surface area contributed by atoms with Crippen LogP contribution >= 0.6 is 23.2 Å². The summed E-state index contributed by atoms with van der Waals surface area (Å²) < 4.78 is 5.11. The van der Waals surface area contributed by atoms with Crippen molar-refractivity contribution in [1.29, 1.82) is 0 Å². The van der Waals surface area contributed by atoms with Gasteiger partial charge in [0, 0.05) is 23.3 Å². The Morgan fingerprint density at radius 3 is 2.52 bits per heavy atom. The lowest BCUT2D eigenvalue weighted by Gasteiger charge is -2.20. The summed E-state index contributed by atoms with van der Waals surface area (Å²) >= 11 is 11.8. The van der Waals surface area contributed by atoms with Crippen LogP contribution < -0.4 is 15.4 Å². The second kappa shape index (κ2) is 10.7. The topological polar surface area (TPSA) is 87.7 Å². The zero-order valence-electron chi connectivity index (χ0n) is 16.0. The average Bonchev–Trinajstić information content (AvgIpc) is 2.70. The summed E-state index contributed by atoms with van der Waals surface area (Å²) in [6.45, 7) is 1.64. The maximum Gasteiger partial charge on any atom is 0.253 e. The lowest BCUT2D eigenvalue weighted by molar-refractivity contribution is -0.133. The quantitative estimate of drug-likeness (QED) is 0.663. The molecule has 0 saturated carbocycles. The number of nitrogens with zero attached hydrogens (tertiary/aromatic N) is 1. The molecule has 2 rings (SSSR count). The van der Waals surface area contributed by atoms with Crippen molar-refractivity contribution in [2.45, 2.75) is 6.92 Å². The molecule has 0 aliphatic rings. The Bertz CT molecular complexity index is 905. The Morgan fingerprint density at radius 1 is 1.10 bits per heavy atom. The zero-order valence-corrected chi connectivity index (χ0v) is 17.5. The van der Waals surface area contributed by atoms with Crippen LogP contribution in [0.3, 0.4) is 0 Å². The van der Waals surface area contributed by atoms with Gasteiger partial charge < -0.3 is 20.3 Å². The summed E-state index contributed by atoms with van der Waals surface area (Å²) in [7, 11) is 1.53. The highest BCUT2D eigenvalue weighted by molar-refractivity contribution is 6.36. The smallest absolute Gasteiger partial charge is 0.253 e. The number of rotatable bonds is 8. The molecule has 0 atom stereocenters. The molecule has 2 aromatic rings. The summed E-state index contributed by atoms with van der Waals surface area (Å²) in [6.07, 6.45) is 0. The molecule has 0 fully saturated rings. The van der Waals surface area contributed by atoms with Crippen LogP contribution in [0.1, 0.15) is 17.3 Å². The van der Waals surface area contributed by atoms with E-state index in [4.69, 9.17) is 27.9 Å². The van der Waals surface area contributed by atoms with Crippen molar-refractivity contribution in [3.05, 3.63) is 58.1 Å². The number of carbonyl (C=O) groups excluding carboxylic acids is 3. The number of hydrogen-bond donors (Lipinski definition) is 2. The highest BCUT2D eigenvalue weighted by Gasteiger charge is 2.18. The van der Waals surface area contributed by atoms with Crippen molar-refractivity contribution >= 4 is 46.6 Å². The number of benzene rings is 2. The van der Waals surface area contributed by atoms with Gasteiger partial charge in [-0.15, -0.1) is 0 Å². The number of carbonyl (C=O) groups is 3. The van der Waals surface area contributed by atoms with Gasteiger partial charge in [-0.2, -0.15) is 0 Å². The van der Waals surface area contributed by atoms with Gasteiger partial charge in [0.25, 0.3) is 5.91 Å². The molecule has 2 aromatic carbocycles. The van der Waals surface area contributed by atoms with E-state index in [0.29, 0.717) is 23.0 Å². The standard InChI is InChI=1S/C20H21Cl2N3O4/c1-3-25(12-18(26)24-14-5-4-6-15(10-14)29-2)19(27)11-23-20(28)16-8-7-13(21)9-17(16)22/h4-10H,3,11-12H2,1-2H3,(H,23,28)(H,24,26). The lowest BCUT2D eigenvalue weighted by Crippen LogP contribution is -2.43. The number of methoxy groups -OCH3 is 1. The van der Waals surface area contributed by atoms with E-state index in [0.717, 1.165) is 0 Å². The number of anilines is 1. The van der Waals surface area contributed by atoms with Gasteiger partial charge in [0.15, 0.2) is 0 Å². The van der Waals surface area contributed by atoms with Gasteiger partial charge in [-0.25, -0.2) is 0 Å². The van der Waals surface area contributed by atoms with Crippen LogP contribution in [0, 0.1) is 0 Å².